The van der Waals surface area contributed by atoms with Gasteiger partial charge in [0.15, 0.2) is 0 Å². The molecule has 12 heteroatoms. The Bertz CT molecular complexity index is 1220. The van der Waals surface area contributed by atoms with Crippen LogP contribution in [0.25, 0.3) is 5.69 Å². The van der Waals surface area contributed by atoms with E-state index in [0.717, 1.165) is 13.1 Å². The van der Waals surface area contributed by atoms with Crippen LogP contribution in [-0.4, -0.2) is 28.1 Å². The summed E-state index contributed by atoms with van der Waals surface area (Å²) in [5.41, 5.74) is -5.03. The second-order valence-corrected chi connectivity index (χ2v) is 6.73. The maximum absolute atomic E-state index is 14.5. The van der Waals surface area contributed by atoms with Crippen molar-refractivity contribution in [3.63, 3.8) is 0 Å². The second kappa shape index (κ2) is 9.09. The van der Waals surface area contributed by atoms with E-state index in [0.29, 0.717) is 6.07 Å². The second-order valence-electron chi connectivity index (χ2n) is 6.33. The molecule has 0 aliphatic heterocycles. The molecule has 7 nitrogen and oxygen atoms in total. The van der Waals surface area contributed by atoms with Crippen LogP contribution in [-0.2, 0) is 13.2 Å². The molecule has 0 fully saturated rings. The van der Waals surface area contributed by atoms with Gasteiger partial charge >= 0.3 is 11.9 Å². The molecule has 1 aromatic heterocycles. The van der Waals surface area contributed by atoms with Crippen LogP contribution in [0.4, 0.5) is 17.6 Å². The Balaban J connectivity index is 2.64. The first kappa shape index (κ1) is 23.8. The molecule has 2 aromatic rings. The molecule has 0 spiro atoms. The Morgan fingerprint density at radius 3 is 2.45 bits per heavy atom. The van der Waals surface area contributed by atoms with E-state index < -0.39 is 34.6 Å². The monoisotopic (exact) mass is 458 g/mol. The Morgan fingerprint density at radius 2 is 1.90 bits per heavy atom. The maximum Gasteiger partial charge on any atom is 0.431 e. The average Bonchev–Trinajstić information content (AvgIpc) is 2.65. The Kier molecular flexibility index (Phi) is 6.97. The van der Waals surface area contributed by atoms with Gasteiger partial charge in [0.25, 0.3) is 5.56 Å². The van der Waals surface area contributed by atoms with Gasteiger partial charge in [-0.3, -0.25) is 9.36 Å². The van der Waals surface area contributed by atoms with Gasteiger partial charge in [0.1, 0.15) is 23.3 Å². The van der Waals surface area contributed by atoms with E-state index in [-0.39, 0.29) is 31.7 Å². The zero-order valence-corrected chi connectivity index (χ0v) is 17.1. The summed E-state index contributed by atoms with van der Waals surface area (Å²) in [5.74, 6) is -1.71. The molecule has 31 heavy (non-hydrogen) atoms. The summed E-state index contributed by atoms with van der Waals surface area (Å²) in [6, 6.07) is 3.46. The van der Waals surface area contributed by atoms with Gasteiger partial charge in [-0.15, -0.1) is 0 Å². The molecule has 1 aromatic carbocycles. The molecule has 0 N–H and O–H groups in total. The SMILES string of the molecule is CN(C)/C=C/C=C(\C#N)Oc1cc(-n2c(=O)cc(C(F)(F)F)n(C)c2=O)c(F)cc1Cl. The first-order chi connectivity index (χ1) is 14.4. The van der Waals surface area contributed by atoms with Crippen LogP contribution in [0.3, 0.4) is 0 Å². The fourth-order valence-electron chi connectivity index (χ4n) is 2.40. The van der Waals surface area contributed by atoms with Crippen molar-refractivity contribution in [1.29, 1.82) is 5.26 Å². The number of benzene rings is 1. The maximum atomic E-state index is 14.5. The molecule has 164 valence electrons. The lowest BCUT2D eigenvalue weighted by Crippen LogP contribution is -2.41. The Hall–Kier alpha value is -3.52. The minimum atomic E-state index is -4.97. The number of nitrogens with zero attached hydrogens (tertiary/aromatic N) is 4. The minimum Gasteiger partial charge on any atom is -0.445 e. The first-order valence-corrected chi connectivity index (χ1v) is 8.77. The molecule has 0 saturated carbocycles. The number of nitriles is 1. The lowest BCUT2D eigenvalue weighted by molar-refractivity contribution is -0.144. The highest BCUT2D eigenvalue weighted by atomic mass is 35.5. The summed E-state index contributed by atoms with van der Waals surface area (Å²) < 4.78 is 59.2. The van der Waals surface area contributed by atoms with Crippen molar-refractivity contribution in [2.45, 2.75) is 6.18 Å². The molecule has 0 aliphatic rings. The number of aromatic nitrogens is 2. The zero-order valence-electron chi connectivity index (χ0n) is 16.4. The van der Waals surface area contributed by atoms with Crippen molar-refractivity contribution in [3.05, 3.63) is 79.7 Å². The molecule has 0 bridgehead atoms. The van der Waals surface area contributed by atoms with E-state index in [2.05, 4.69) is 0 Å². The van der Waals surface area contributed by atoms with Crippen LogP contribution in [0.1, 0.15) is 5.69 Å². The highest BCUT2D eigenvalue weighted by molar-refractivity contribution is 6.32. The summed E-state index contributed by atoms with van der Waals surface area (Å²) in [4.78, 5) is 26.3. The fraction of sp³-hybridized carbons (Fsp3) is 0.211. The third-order valence-electron chi connectivity index (χ3n) is 3.81. The predicted molar refractivity (Wildman–Crippen MR) is 104 cm³/mol. The van der Waals surface area contributed by atoms with Gasteiger partial charge in [0.2, 0.25) is 5.76 Å². The summed E-state index contributed by atoms with van der Waals surface area (Å²) in [5, 5.41) is 8.90. The number of halogens is 5. The van der Waals surface area contributed by atoms with E-state index in [1.54, 1.807) is 31.3 Å². The number of hydrogen-bond acceptors (Lipinski definition) is 5. The third kappa shape index (κ3) is 5.35. The van der Waals surface area contributed by atoms with Gasteiger partial charge in [0.05, 0.1) is 10.7 Å². The van der Waals surface area contributed by atoms with E-state index in [1.165, 1.54) is 12.2 Å². The van der Waals surface area contributed by atoms with E-state index >= 15 is 0 Å². The van der Waals surface area contributed by atoms with Crippen LogP contribution in [0.5, 0.6) is 5.75 Å². The highest BCUT2D eigenvalue weighted by Crippen LogP contribution is 2.31. The van der Waals surface area contributed by atoms with Gasteiger partial charge in [-0.25, -0.2) is 13.8 Å². The third-order valence-corrected chi connectivity index (χ3v) is 4.11. The van der Waals surface area contributed by atoms with Crippen molar-refractivity contribution >= 4 is 11.6 Å². The van der Waals surface area contributed by atoms with Gasteiger partial charge in [0, 0.05) is 33.3 Å². The number of hydrogen-bond donors (Lipinski definition) is 0. The van der Waals surface area contributed by atoms with Crippen molar-refractivity contribution in [1.82, 2.24) is 14.0 Å². The average molecular weight is 459 g/mol. The normalized spacial score (nSPS) is 12.2. The van der Waals surface area contributed by atoms with Gasteiger partial charge in [-0.2, -0.15) is 18.4 Å². The van der Waals surface area contributed by atoms with Gasteiger partial charge in [-0.1, -0.05) is 11.6 Å². The van der Waals surface area contributed by atoms with Crippen LogP contribution in [0, 0.1) is 17.1 Å². The topological polar surface area (TPSA) is 80.3 Å². The molecule has 0 amide bonds. The summed E-state index contributed by atoms with van der Waals surface area (Å²) in [6.07, 6.45) is -0.606. The molecular weight excluding hydrogens is 444 g/mol. The molecule has 2 rings (SSSR count). The number of alkyl halides is 3. The van der Waals surface area contributed by atoms with E-state index in [9.17, 15) is 32.4 Å². The zero-order chi connectivity index (χ0) is 23.5. The molecule has 0 aliphatic carbocycles. The molecule has 1 heterocycles. The van der Waals surface area contributed by atoms with E-state index in [1.807, 2.05) is 0 Å². The Labute approximate surface area is 178 Å². The summed E-state index contributed by atoms with van der Waals surface area (Å²) in [6.45, 7) is 0. The number of ether oxygens (including phenoxy) is 1. The molecule has 0 saturated heterocycles. The summed E-state index contributed by atoms with van der Waals surface area (Å²) in [7, 11) is 4.27. The largest absolute Gasteiger partial charge is 0.445 e. The summed E-state index contributed by atoms with van der Waals surface area (Å²) >= 11 is 5.92. The minimum absolute atomic E-state index is 0.169. The van der Waals surface area contributed by atoms with Crippen LogP contribution in [0.15, 0.2) is 51.9 Å². The van der Waals surface area contributed by atoms with Crippen molar-refractivity contribution in [2.24, 2.45) is 7.05 Å². The smallest absolute Gasteiger partial charge is 0.431 e. The lowest BCUT2D eigenvalue weighted by atomic mass is 10.2. The van der Waals surface area contributed by atoms with Crippen molar-refractivity contribution in [3.8, 4) is 17.5 Å². The predicted octanol–water partition coefficient (Wildman–Crippen LogP) is 3.21. The Morgan fingerprint density at radius 1 is 1.26 bits per heavy atom. The molecule has 0 radical (unpaired) electrons. The first-order valence-electron chi connectivity index (χ1n) is 8.39. The number of rotatable bonds is 5. The van der Waals surface area contributed by atoms with Crippen LogP contribution in [0.2, 0.25) is 5.02 Å². The fourth-order valence-corrected chi connectivity index (χ4v) is 2.59. The molecular formula is C19H15ClF4N4O3. The molecule has 0 atom stereocenters. The molecule has 0 unspecified atom stereocenters. The highest BCUT2D eigenvalue weighted by Gasteiger charge is 2.35. The van der Waals surface area contributed by atoms with Crippen LogP contribution >= 0.6 is 11.6 Å². The van der Waals surface area contributed by atoms with Gasteiger partial charge in [-0.05, 0) is 24.4 Å². The quantitative estimate of drug-likeness (QED) is 0.297. The lowest BCUT2D eigenvalue weighted by Gasteiger charge is -2.15. The van der Waals surface area contributed by atoms with Gasteiger partial charge < -0.3 is 9.64 Å². The van der Waals surface area contributed by atoms with Crippen molar-refractivity contribution < 1.29 is 22.3 Å². The number of allylic oxidation sites excluding steroid dienone is 3. The van der Waals surface area contributed by atoms with E-state index in [4.69, 9.17) is 16.3 Å². The standard InChI is InChI=1S/C19H15ClF4N4O3/c1-26(2)6-4-5-11(10-25)31-15-8-14(13(21)7-12(15)20)28-17(29)9-16(19(22,23)24)27(3)18(28)30/h4-9H,1-3H3/b6-4+,11-5+. The van der Waals surface area contributed by atoms with Crippen molar-refractivity contribution in [2.75, 3.05) is 14.1 Å². The van der Waals surface area contributed by atoms with Crippen LogP contribution < -0.4 is 16.0 Å².